The SMILES string of the molecule is COCCOc1ccc(/C=N\NC(=O)[C@H](C#N)c2ccccc2)cc1OC. The van der Waals surface area contributed by atoms with Gasteiger partial charge >= 0.3 is 0 Å². The van der Waals surface area contributed by atoms with E-state index in [0.717, 1.165) is 0 Å². The van der Waals surface area contributed by atoms with Gasteiger partial charge in [-0.1, -0.05) is 30.3 Å². The van der Waals surface area contributed by atoms with Crippen molar-refractivity contribution in [1.29, 1.82) is 5.26 Å². The molecule has 27 heavy (non-hydrogen) atoms. The van der Waals surface area contributed by atoms with Crippen LogP contribution in [0.4, 0.5) is 0 Å². The minimum absolute atomic E-state index is 0.408. The van der Waals surface area contributed by atoms with Crippen molar-refractivity contribution < 1.29 is 19.0 Å². The molecular weight excluding hydrogens is 346 g/mol. The number of nitrogens with zero attached hydrogens (tertiary/aromatic N) is 2. The topological polar surface area (TPSA) is 92.9 Å². The maximum absolute atomic E-state index is 12.2. The van der Waals surface area contributed by atoms with Crippen molar-refractivity contribution in [1.82, 2.24) is 5.43 Å². The third-order valence-electron chi connectivity index (χ3n) is 3.65. The summed E-state index contributed by atoms with van der Waals surface area (Å²) in [6.45, 7) is 0.880. The van der Waals surface area contributed by atoms with E-state index < -0.39 is 11.8 Å². The average Bonchev–Trinajstić information content (AvgIpc) is 2.70. The van der Waals surface area contributed by atoms with Crippen LogP contribution < -0.4 is 14.9 Å². The van der Waals surface area contributed by atoms with E-state index >= 15 is 0 Å². The molecule has 0 saturated carbocycles. The summed E-state index contributed by atoms with van der Waals surface area (Å²) >= 11 is 0. The van der Waals surface area contributed by atoms with E-state index in [0.29, 0.717) is 35.8 Å². The molecular formula is C20H21N3O4. The lowest BCUT2D eigenvalue weighted by atomic mass is 10.0. The van der Waals surface area contributed by atoms with E-state index in [2.05, 4.69) is 10.5 Å². The van der Waals surface area contributed by atoms with Gasteiger partial charge in [0.2, 0.25) is 0 Å². The molecule has 0 fully saturated rings. The molecule has 2 aromatic rings. The van der Waals surface area contributed by atoms with Gasteiger partial charge in [-0.25, -0.2) is 5.43 Å². The van der Waals surface area contributed by atoms with Crippen molar-refractivity contribution in [3.63, 3.8) is 0 Å². The monoisotopic (exact) mass is 367 g/mol. The number of hydrogen-bond acceptors (Lipinski definition) is 6. The van der Waals surface area contributed by atoms with Gasteiger partial charge in [0.05, 0.1) is 26.0 Å². The van der Waals surface area contributed by atoms with Gasteiger partial charge in [-0.05, 0) is 29.3 Å². The van der Waals surface area contributed by atoms with Gasteiger partial charge in [0, 0.05) is 7.11 Å². The second-order valence-electron chi connectivity index (χ2n) is 5.46. The minimum atomic E-state index is -0.922. The second-order valence-corrected chi connectivity index (χ2v) is 5.46. The number of benzene rings is 2. The Kier molecular flexibility index (Phi) is 7.82. The largest absolute Gasteiger partial charge is 0.493 e. The highest BCUT2D eigenvalue weighted by Crippen LogP contribution is 2.27. The van der Waals surface area contributed by atoms with Crippen molar-refractivity contribution in [2.75, 3.05) is 27.4 Å². The Bertz CT molecular complexity index is 816. The fourth-order valence-corrected chi connectivity index (χ4v) is 2.28. The van der Waals surface area contributed by atoms with E-state index in [9.17, 15) is 10.1 Å². The molecule has 0 heterocycles. The molecule has 0 bridgehead atoms. The highest BCUT2D eigenvalue weighted by molar-refractivity contribution is 5.88. The van der Waals surface area contributed by atoms with Crippen LogP contribution in [-0.4, -0.2) is 39.6 Å². The Morgan fingerprint density at radius 1 is 1.19 bits per heavy atom. The number of nitrogens with one attached hydrogen (secondary N) is 1. The Hall–Kier alpha value is -3.37. The summed E-state index contributed by atoms with van der Waals surface area (Å²) in [4.78, 5) is 12.2. The molecule has 0 radical (unpaired) electrons. The normalized spacial score (nSPS) is 11.6. The average molecular weight is 367 g/mol. The molecule has 1 amide bonds. The van der Waals surface area contributed by atoms with Crippen LogP contribution in [-0.2, 0) is 9.53 Å². The van der Waals surface area contributed by atoms with E-state index in [1.54, 1.807) is 56.7 Å². The molecule has 0 aliphatic heterocycles. The fourth-order valence-electron chi connectivity index (χ4n) is 2.28. The molecule has 0 aliphatic carbocycles. The van der Waals surface area contributed by atoms with Crippen LogP contribution >= 0.6 is 0 Å². The summed E-state index contributed by atoms with van der Waals surface area (Å²) in [5.41, 5.74) is 3.72. The lowest BCUT2D eigenvalue weighted by Gasteiger charge is -2.11. The van der Waals surface area contributed by atoms with Crippen LogP contribution in [0.15, 0.2) is 53.6 Å². The first kappa shape index (κ1) is 19.9. The van der Waals surface area contributed by atoms with Crippen LogP contribution in [0.25, 0.3) is 0 Å². The summed E-state index contributed by atoms with van der Waals surface area (Å²) in [5, 5.41) is 13.2. The van der Waals surface area contributed by atoms with Crippen molar-refractivity contribution in [3.05, 3.63) is 59.7 Å². The number of methoxy groups -OCH3 is 2. The molecule has 1 atom stereocenters. The van der Waals surface area contributed by atoms with Gasteiger partial charge in [-0.3, -0.25) is 4.79 Å². The van der Waals surface area contributed by atoms with Gasteiger partial charge in [-0.2, -0.15) is 10.4 Å². The first-order valence-corrected chi connectivity index (χ1v) is 8.27. The second kappa shape index (κ2) is 10.6. The Morgan fingerprint density at radius 3 is 2.63 bits per heavy atom. The third-order valence-corrected chi connectivity index (χ3v) is 3.65. The van der Waals surface area contributed by atoms with E-state index in [1.165, 1.54) is 6.21 Å². The summed E-state index contributed by atoms with van der Waals surface area (Å²) in [7, 11) is 3.14. The van der Waals surface area contributed by atoms with Gasteiger partial charge in [0.15, 0.2) is 17.4 Å². The molecule has 0 aromatic heterocycles. The Labute approximate surface area is 158 Å². The van der Waals surface area contributed by atoms with Gasteiger partial charge in [-0.15, -0.1) is 0 Å². The molecule has 2 rings (SSSR count). The predicted octanol–water partition coefficient (Wildman–Crippen LogP) is 2.48. The van der Waals surface area contributed by atoms with Crippen LogP contribution in [0.2, 0.25) is 0 Å². The molecule has 0 unspecified atom stereocenters. The van der Waals surface area contributed by atoms with Gasteiger partial charge in [0.25, 0.3) is 5.91 Å². The number of ether oxygens (including phenoxy) is 3. The van der Waals surface area contributed by atoms with Crippen molar-refractivity contribution in [2.45, 2.75) is 5.92 Å². The molecule has 0 saturated heterocycles. The Balaban J connectivity index is 2.01. The van der Waals surface area contributed by atoms with Crippen LogP contribution in [0, 0.1) is 11.3 Å². The minimum Gasteiger partial charge on any atom is -0.493 e. The summed E-state index contributed by atoms with van der Waals surface area (Å²) in [6.07, 6.45) is 1.47. The van der Waals surface area contributed by atoms with Crippen molar-refractivity contribution >= 4 is 12.1 Å². The number of rotatable bonds is 9. The van der Waals surface area contributed by atoms with Crippen LogP contribution in [0.5, 0.6) is 11.5 Å². The van der Waals surface area contributed by atoms with E-state index in [-0.39, 0.29) is 0 Å². The quantitative estimate of drug-likeness (QED) is 0.417. The van der Waals surface area contributed by atoms with Crippen molar-refractivity contribution in [2.24, 2.45) is 5.10 Å². The van der Waals surface area contributed by atoms with E-state index in [4.69, 9.17) is 14.2 Å². The number of nitriles is 1. The Morgan fingerprint density at radius 2 is 1.96 bits per heavy atom. The number of amides is 1. The zero-order valence-corrected chi connectivity index (χ0v) is 15.2. The number of hydrazone groups is 1. The number of carbonyl (C=O) groups excluding carboxylic acids is 1. The summed E-state index contributed by atoms with van der Waals surface area (Å²) in [5.74, 6) is -0.286. The van der Waals surface area contributed by atoms with Crippen LogP contribution in [0.1, 0.15) is 17.0 Å². The highest BCUT2D eigenvalue weighted by Gasteiger charge is 2.19. The summed E-state index contributed by atoms with van der Waals surface area (Å²) in [6, 6.07) is 16.1. The highest BCUT2D eigenvalue weighted by atomic mass is 16.5. The van der Waals surface area contributed by atoms with E-state index in [1.807, 2.05) is 12.1 Å². The fraction of sp³-hybridized carbons (Fsp3) is 0.250. The number of carbonyl (C=O) groups is 1. The molecule has 7 heteroatoms. The first-order valence-electron chi connectivity index (χ1n) is 8.27. The van der Waals surface area contributed by atoms with Crippen molar-refractivity contribution in [3.8, 4) is 17.6 Å². The molecule has 0 spiro atoms. The summed E-state index contributed by atoms with van der Waals surface area (Å²) < 4.78 is 15.8. The molecule has 140 valence electrons. The molecule has 1 N–H and O–H groups in total. The maximum atomic E-state index is 12.2. The molecule has 0 aliphatic rings. The molecule has 7 nitrogen and oxygen atoms in total. The standard InChI is InChI=1S/C20H21N3O4/c1-25-10-11-27-18-9-8-15(12-19(18)26-2)14-22-23-20(24)17(13-21)16-6-4-3-5-7-16/h3-9,12,14,17H,10-11H2,1-2H3,(H,23,24)/b22-14-/t17-/m1/s1. The predicted molar refractivity (Wildman–Crippen MR) is 101 cm³/mol. The third kappa shape index (κ3) is 5.83. The van der Waals surface area contributed by atoms with Crippen LogP contribution in [0.3, 0.4) is 0 Å². The number of hydrogen-bond donors (Lipinski definition) is 1. The lowest BCUT2D eigenvalue weighted by Crippen LogP contribution is -2.24. The smallest absolute Gasteiger partial charge is 0.261 e. The lowest BCUT2D eigenvalue weighted by molar-refractivity contribution is -0.121. The zero-order chi connectivity index (χ0) is 19.5. The zero-order valence-electron chi connectivity index (χ0n) is 15.2. The van der Waals surface area contributed by atoms with Gasteiger partial charge in [0.1, 0.15) is 6.61 Å². The molecule has 2 aromatic carbocycles. The van der Waals surface area contributed by atoms with Gasteiger partial charge < -0.3 is 14.2 Å². The maximum Gasteiger partial charge on any atom is 0.261 e. The first-order chi connectivity index (χ1) is 13.2.